The number of pyridine rings is 1. The van der Waals surface area contributed by atoms with E-state index in [0.717, 1.165) is 48.4 Å². The average molecular weight is 361 g/mol. The highest BCUT2D eigenvalue weighted by atomic mass is 35.5. The van der Waals surface area contributed by atoms with Crippen molar-refractivity contribution < 1.29 is 0 Å². The summed E-state index contributed by atoms with van der Waals surface area (Å²) in [4.78, 5) is 4.31. The van der Waals surface area contributed by atoms with Gasteiger partial charge >= 0.3 is 0 Å². The third-order valence-corrected chi connectivity index (χ3v) is 4.98. The van der Waals surface area contributed by atoms with Gasteiger partial charge in [0.2, 0.25) is 0 Å². The van der Waals surface area contributed by atoms with Gasteiger partial charge in [-0.25, -0.2) is 9.50 Å². The van der Waals surface area contributed by atoms with E-state index in [2.05, 4.69) is 47.3 Å². The molecule has 1 aliphatic heterocycles. The third-order valence-electron chi connectivity index (χ3n) is 4.98. The van der Waals surface area contributed by atoms with Gasteiger partial charge in [0, 0.05) is 23.2 Å². The molecular weight excluding hydrogens is 336 g/mol. The lowest BCUT2D eigenvalue weighted by molar-refractivity contribution is 0.449. The Kier molecular flexibility index (Phi) is 5.11. The second-order valence-electron chi connectivity index (χ2n) is 7.02. The Balaban J connectivity index is 0.00000182. The minimum Gasteiger partial charge on any atom is -0.317 e. The van der Waals surface area contributed by atoms with Gasteiger partial charge in [-0.1, -0.05) is 13.8 Å². The molecule has 3 aromatic rings. The summed E-state index contributed by atoms with van der Waals surface area (Å²) < 4.78 is 1.85. The first kappa shape index (κ1) is 17.9. The molecule has 0 spiro atoms. The van der Waals surface area contributed by atoms with Crippen LogP contribution in [0.25, 0.3) is 16.9 Å². The van der Waals surface area contributed by atoms with Gasteiger partial charge in [-0.3, -0.25) is 5.10 Å². The van der Waals surface area contributed by atoms with Gasteiger partial charge in [0.15, 0.2) is 5.65 Å². The lowest BCUT2D eigenvalue weighted by Gasteiger charge is -2.23. The van der Waals surface area contributed by atoms with Crippen molar-refractivity contribution in [1.29, 1.82) is 0 Å². The maximum atomic E-state index is 4.74. The number of nitrogens with one attached hydrogen (secondary N) is 2. The highest BCUT2D eigenvalue weighted by Crippen LogP contribution is 2.36. The van der Waals surface area contributed by atoms with Crippen LogP contribution in [0.1, 0.15) is 55.3 Å². The van der Waals surface area contributed by atoms with E-state index in [1.54, 1.807) is 6.33 Å². The zero-order valence-electron chi connectivity index (χ0n) is 14.9. The first-order chi connectivity index (χ1) is 11.6. The first-order valence-corrected chi connectivity index (χ1v) is 8.74. The van der Waals surface area contributed by atoms with E-state index in [0.29, 0.717) is 11.8 Å². The number of nitrogens with zero attached hydrogens (tertiary/aromatic N) is 4. The molecule has 0 unspecified atom stereocenters. The lowest BCUT2D eigenvalue weighted by Crippen LogP contribution is -2.27. The summed E-state index contributed by atoms with van der Waals surface area (Å²) in [6.45, 7) is 8.73. The largest absolute Gasteiger partial charge is 0.317 e. The molecule has 0 aliphatic carbocycles. The Bertz CT molecular complexity index is 860. The Labute approximate surface area is 153 Å². The predicted molar refractivity (Wildman–Crippen MR) is 101 cm³/mol. The van der Waals surface area contributed by atoms with Crippen LogP contribution in [0.4, 0.5) is 0 Å². The molecule has 7 heteroatoms. The van der Waals surface area contributed by atoms with Gasteiger partial charge in [-0.15, -0.1) is 12.4 Å². The fourth-order valence-corrected chi connectivity index (χ4v) is 3.81. The van der Waals surface area contributed by atoms with Crippen LogP contribution in [0.3, 0.4) is 0 Å². The Morgan fingerprint density at radius 3 is 2.72 bits per heavy atom. The second-order valence-corrected chi connectivity index (χ2v) is 7.02. The monoisotopic (exact) mass is 360 g/mol. The minimum atomic E-state index is 0. The summed E-state index contributed by atoms with van der Waals surface area (Å²) in [5.74, 6) is 0.972. The zero-order valence-corrected chi connectivity index (χ0v) is 15.7. The van der Waals surface area contributed by atoms with Crippen molar-refractivity contribution in [1.82, 2.24) is 30.1 Å². The van der Waals surface area contributed by atoms with E-state index in [-0.39, 0.29) is 12.4 Å². The van der Waals surface area contributed by atoms with E-state index >= 15 is 0 Å². The molecule has 1 saturated heterocycles. The fraction of sp³-hybridized carbons (Fsp3) is 0.500. The number of aromatic amines is 1. The fourth-order valence-electron chi connectivity index (χ4n) is 3.81. The molecule has 3 aromatic heterocycles. The number of H-pyrrole nitrogens is 1. The van der Waals surface area contributed by atoms with Crippen LogP contribution in [-0.2, 0) is 0 Å². The van der Waals surface area contributed by atoms with Crippen molar-refractivity contribution in [2.75, 3.05) is 13.1 Å². The van der Waals surface area contributed by atoms with Crippen molar-refractivity contribution in [3.8, 4) is 11.3 Å². The number of aryl methyl sites for hydroxylation is 1. The number of aromatic nitrogens is 5. The maximum absolute atomic E-state index is 4.74. The Hall–Kier alpha value is -1.92. The SMILES string of the molecule is Cc1cc(-c2[nH]nc(C3CCNCC3)c2C(C)C)cn2ncnc12.Cl. The molecule has 25 heavy (non-hydrogen) atoms. The summed E-state index contributed by atoms with van der Waals surface area (Å²) in [6.07, 6.45) is 5.96. The van der Waals surface area contributed by atoms with Crippen molar-refractivity contribution in [3.63, 3.8) is 0 Å². The molecule has 1 fully saturated rings. The van der Waals surface area contributed by atoms with Crippen LogP contribution in [0.5, 0.6) is 0 Å². The van der Waals surface area contributed by atoms with E-state index in [4.69, 9.17) is 5.10 Å². The smallest absolute Gasteiger partial charge is 0.158 e. The summed E-state index contributed by atoms with van der Waals surface area (Å²) in [5.41, 5.74) is 6.88. The van der Waals surface area contributed by atoms with Gasteiger partial charge in [-0.05, 0) is 50.4 Å². The van der Waals surface area contributed by atoms with E-state index < -0.39 is 0 Å². The molecule has 0 bridgehead atoms. The average Bonchev–Trinajstić information content (AvgIpc) is 3.22. The topological polar surface area (TPSA) is 70.9 Å². The quantitative estimate of drug-likeness (QED) is 0.750. The molecule has 0 aromatic carbocycles. The molecule has 0 radical (unpaired) electrons. The number of halogens is 1. The van der Waals surface area contributed by atoms with Crippen molar-refractivity contribution >= 4 is 18.1 Å². The van der Waals surface area contributed by atoms with Gasteiger partial charge < -0.3 is 5.32 Å². The van der Waals surface area contributed by atoms with Crippen LogP contribution in [-0.4, -0.2) is 37.9 Å². The predicted octanol–water partition coefficient (Wildman–Crippen LogP) is 3.44. The molecule has 134 valence electrons. The Morgan fingerprint density at radius 2 is 2.00 bits per heavy atom. The standard InChI is InChI=1S/C18H24N6.ClH/c1-11(2)15-16(13-4-6-19-7-5-13)22-23-17(15)14-8-12(3)18-20-10-21-24(18)9-14;/h8-11,13,19H,4-7H2,1-3H3,(H,22,23);1H. The number of rotatable bonds is 3. The molecule has 0 saturated carbocycles. The van der Waals surface area contributed by atoms with E-state index in [1.807, 2.05) is 10.7 Å². The molecule has 6 nitrogen and oxygen atoms in total. The summed E-state index contributed by atoms with van der Waals surface area (Å²) in [5, 5.41) is 15.8. The normalized spacial score (nSPS) is 15.7. The summed E-state index contributed by atoms with van der Waals surface area (Å²) in [7, 11) is 0. The van der Waals surface area contributed by atoms with Crippen molar-refractivity contribution in [3.05, 3.63) is 35.4 Å². The zero-order chi connectivity index (χ0) is 16.7. The molecule has 2 N–H and O–H groups in total. The number of piperidine rings is 1. The number of hydrogen-bond donors (Lipinski definition) is 2. The lowest BCUT2D eigenvalue weighted by atomic mass is 9.87. The summed E-state index contributed by atoms with van der Waals surface area (Å²) in [6, 6.07) is 2.18. The van der Waals surface area contributed by atoms with E-state index in [1.165, 1.54) is 11.3 Å². The second kappa shape index (κ2) is 7.14. The molecular formula is C18H25ClN6. The summed E-state index contributed by atoms with van der Waals surface area (Å²) >= 11 is 0. The maximum Gasteiger partial charge on any atom is 0.158 e. The third kappa shape index (κ3) is 3.16. The number of hydrogen-bond acceptors (Lipinski definition) is 4. The minimum absolute atomic E-state index is 0. The van der Waals surface area contributed by atoms with Gasteiger partial charge in [0.05, 0.1) is 11.4 Å². The molecule has 0 atom stereocenters. The Morgan fingerprint density at radius 1 is 1.24 bits per heavy atom. The first-order valence-electron chi connectivity index (χ1n) is 8.74. The highest BCUT2D eigenvalue weighted by molar-refractivity contribution is 5.85. The van der Waals surface area contributed by atoms with Crippen molar-refractivity contribution in [2.24, 2.45) is 0 Å². The van der Waals surface area contributed by atoms with Crippen molar-refractivity contribution in [2.45, 2.75) is 45.4 Å². The van der Waals surface area contributed by atoms with E-state index in [9.17, 15) is 0 Å². The number of fused-ring (bicyclic) bond motifs is 1. The van der Waals surface area contributed by atoms with Crippen LogP contribution in [0.2, 0.25) is 0 Å². The molecule has 4 heterocycles. The van der Waals surface area contributed by atoms with Gasteiger partial charge in [0.25, 0.3) is 0 Å². The molecule has 0 amide bonds. The van der Waals surface area contributed by atoms with Crippen LogP contribution >= 0.6 is 12.4 Å². The van der Waals surface area contributed by atoms with Crippen LogP contribution in [0.15, 0.2) is 18.6 Å². The van der Waals surface area contributed by atoms with Crippen LogP contribution < -0.4 is 5.32 Å². The van der Waals surface area contributed by atoms with Gasteiger partial charge in [0.1, 0.15) is 6.33 Å². The highest BCUT2D eigenvalue weighted by Gasteiger charge is 2.25. The van der Waals surface area contributed by atoms with Gasteiger partial charge in [-0.2, -0.15) is 10.2 Å². The van der Waals surface area contributed by atoms with Crippen LogP contribution in [0, 0.1) is 6.92 Å². The molecule has 4 rings (SSSR count). The molecule has 1 aliphatic rings.